The van der Waals surface area contributed by atoms with E-state index in [9.17, 15) is 14.4 Å². The summed E-state index contributed by atoms with van der Waals surface area (Å²) in [4.78, 5) is 37.9. The zero-order valence-electron chi connectivity index (χ0n) is 39.3. The van der Waals surface area contributed by atoms with Gasteiger partial charge < -0.3 is 14.2 Å². The average Bonchev–Trinajstić information content (AvgIpc) is 3.23. The second kappa shape index (κ2) is 48.3. The maximum absolute atomic E-state index is 12.8. The molecular weight excluding hydrogens is 733 g/mol. The number of unbranched alkanes of at least 4 members (excludes halogenated alkanes) is 29. The summed E-state index contributed by atoms with van der Waals surface area (Å²) >= 11 is 0. The van der Waals surface area contributed by atoms with Crippen LogP contribution in [0.5, 0.6) is 0 Å². The molecule has 59 heavy (non-hydrogen) atoms. The van der Waals surface area contributed by atoms with Crippen LogP contribution in [0.1, 0.15) is 265 Å². The molecule has 0 aliphatic rings. The van der Waals surface area contributed by atoms with Crippen LogP contribution >= 0.6 is 0 Å². The Kier molecular flexibility index (Phi) is 46.4. The molecule has 0 radical (unpaired) electrons. The normalized spacial score (nSPS) is 12.3. The fourth-order valence-electron chi connectivity index (χ4n) is 7.34. The predicted molar refractivity (Wildman–Crippen MR) is 252 cm³/mol. The summed E-state index contributed by atoms with van der Waals surface area (Å²) in [6, 6.07) is 0. The Labute approximate surface area is 365 Å². The van der Waals surface area contributed by atoms with E-state index in [4.69, 9.17) is 14.2 Å². The fraction of sp³-hybridized carbons (Fsp3) is 0.830. The number of esters is 3. The molecule has 0 saturated carbocycles. The lowest BCUT2D eigenvalue weighted by atomic mass is 10.0. The number of hydrogen-bond acceptors (Lipinski definition) is 6. The van der Waals surface area contributed by atoms with Crippen LogP contribution in [0.2, 0.25) is 0 Å². The van der Waals surface area contributed by atoms with Crippen LogP contribution in [0.4, 0.5) is 0 Å². The van der Waals surface area contributed by atoms with E-state index in [1.54, 1.807) is 0 Å². The van der Waals surface area contributed by atoms with E-state index in [2.05, 4.69) is 57.2 Å². The van der Waals surface area contributed by atoms with Crippen molar-refractivity contribution < 1.29 is 28.6 Å². The third kappa shape index (κ3) is 46.5. The molecule has 6 heteroatoms. The largest absolute Gasteiger partial charge is 0.462 e. The van der Waals surface area contributed by atoms with Gasteiger partial charge in [0.15, 0.2) is 6.10 Å². The lowest BCUT2D eigenvalue weighted by molar-refractivity contribution is -0.167. The van der Waals surface area contributed by atoms with Crippen molar-refractivity contribution in [1.29, 1.82) is 0 Å². The summed E-state index contributed by atoms with van der Waals surface area (Å²) in [6.07, 6.45) is 55.5. The van der Waals surface area contributed by atoms with Gasteiger partial charge in [0, 0.05) is 19.3 Å². The van der Waals surface area contributed by atoms with Crippen molar-refractivity contribution in [2.45, 2.75) is 271 Å². The fourth-order valence-corrected chi connectivity index (χ4v) is 7.34. The molecule has 0 aromatic carbocycles. The lowest BCUT2D eigenvalue weighted by Crippen LogP contribution is -2.30. The number of carbonyl (C=O) groups is 3. The van der Waals surface area contributed by atoms with Crippen LogP contribution in [0.25, 0.3) is 0 Å². The molecule has 1 atom stereocenters. The maximum Gasteiger partial charge on any atom is 0.306 e. The Morgan fingerprint density at radius 2 is 0.661 bits per heavy atom. The molecule has 0 amide bonds. The van der Waals surface area contributed by atoms with E-state index >= 15 is 0 Å². The van der Waals surface area contributed by atoms with E-state index in [0.717, 1.165) is 96.3 Å². The molecule has 0 bridgehead atoms. The first-order valence-electron chi connectivity index (χ1n) is 25.5. The van der Waals surface area contributed by atoms with Gasteiger partial charge in [-0.25, -0.2) is 0 Å². The quantitative estimate of drug-likeness (QED) is 0.0263. The highest BCUT2D eigenvalue weighted by Crippen LogP contribution is 2.16. The van der Waals surface area contributed by atoms with Crippen LogP contribution in [0.3, 0.4) is 0 Å². The van der Waals surface area contributed by atoms with Gasteiger partial charge in [-0.3, -0.25) is 14.4 Å². The van der Waals surface area contributed by atoms with E-state index in [-0.39, 0.29) is 31.1 Å². The van der Waals surface area contributed by atoms with Gasteiger partial charge in [0.1, 0.15) is 13.2 Å². The first-order chi connectivity index (χ1) is 29.0. The summed E-state index contributed by atoms with van der Waals surface area (Å²) in [5.41, 5.74) is 0. The minimum absolute atomic E-state index is 0.0735. The summed E-state index contributed by atoms with van der Waals surface area (Å²) in [5, 5.41) is 0. The zero-order valence-corrected chi connectivity index (χ0v) is 39.3. The van der Waals surface area contributed by atoms with Crippen LogP contribution < -0.4 is 0 Å². The van der Waals surface area contributed by atoms with E-state index in [1.165, 1.54) is 128 Å². The minimum atomic E-state index is -0.773. The van der Waals surface area contributed by atoms with Crippen molar-refractivity contribution in [3.63, 3.8) is 0 Å². The van der Waals surface area contributed by atoms with Crippen LogP contribution in [-0.2, 0) is 28.6 Å². The number of rotatable bonds is 46. The van der Waals surface area contributed by atoms with Gasteiger partial charge >= 0.3 is 17.9 Å². The van der Waals surface area contributed by atoms with Gasteiger partial charge in [-0.15, -0.1) is 0 Å². The molecule has 0 aromatic heterocycles. The molecule has 0 heterocycles. The standard InChI is InChI=1S/C53H96O6/c1-4-7-10-13-16-19-22-25-27-29-31-34-37-40-43-46-52(55)58-49-50(48-57-51(54)45-42-39-36-33-30-24-21-18-15-12-9-6-3)59-53(56)47-44-41-38-35-32-28-26-23-20-17-14-11-8-5-2/h7,10,16,19,25,27,50H,4-6,8-9,11-15,17-18,20-24,26,28-49H2,1-3H3/b10-7-,19-16-,27-25-. The summed E-state index contributed by atoms with van der Waals surface area (Å²) in [6.45, 7) is 6.53. The molecule has 0 rings (SSSR count). The van der Waals surface area contributed by atoms with E-state index < -0.39 is 6.10 Å². The Bertz CT molecular complexity index is 1000. The van der Waals surface area contributed by atoms with Gasteiger partial charge in [0.25, 0.3) is 0 Å². The van der Waals surface area contributed by atoms with Crippen molar-refractivity contribution in [2.75, 3.05) is 13.2 Å². The van der Waals surface area contributed by atoms with Gasteiger partial charge in [-0.1, -0.05) is 231 Å². The molecule has 6 nitrogen and oxygen atoms in total. The monoisotopic (exact) mass is 829 g/mol. The Balaban J connectivity index is 4.37. The molecule has 0 saturated heterocycles. The van der Waals surface area contributed by atoms with Crippen molar-refractivity contribution in [2.24, 2.45) is 0 Å². The van der Waals surface area contributed by atoms with Crippen LogP contribution in [0, 0.1) is 0 Å². The second-order valence-electron chi connectivity index (χ2n) is 17.1. The van der Waals surface area contributed by atoms with Gasteiger partial charge in [0.05, 0.1) is 0 Å². The minimum Gasteiger partial charge on any atom is -0.462 e. The van der Waals surface area contributed by atoms with Crippen molar-refractivity contribution in [3.8, 4) is 0 Å². The first-order valence-corrected chi connectivity index (χ1v) is 25.5. The number of carbonyl (C=O) groups excluding carboxylic acids is 3. The molecule has 344 valence electrons. The number of hydrogen-bond donors (Lipinski definition) is 0. The van der Waals surface area contributed by atoms with Crippen LogP contribution in [-0.4, -0.2) is 37.2 Å². The first kappa shape index (κ1) is 56.6. The third-order valence-corrected chi connectivity index (χ3v) is 11.2. The predicted octanol–water partition coefficient (Wildman–Crippen LogP) is 16.5. The molecule has 0 fully saturated rings. The molecule has 0 aliphatic carbocycles. The van der Waals surface area contributed by atoms with Crippen molar-refractivity contribution >= 4 is 17.9 Å². The van der Waals surface area contributed by atoms with Gasteiger partial charge in [0.2, 0.25) is 0 Å². The highest BCUT2D eigenvalue weighted by atomic mass is 16.6. The highest BCUT2D eigenvalue weighted by Gasteiger charge is 2.19. The average molecular weight is 829 g/mol. The molecular formula is C53H96O6. The topological polar surface area (TPSA) is 78.9 Å². The Morgan fingerprint density at radius 3 is 1.03 bits per heavy atom. The zero-order chi connectivity index (χ0) is 43.0. The molecule has 0 spiro atoms. The SMILES string of the molecule is CC/C=C\C/C=C\C/C=C\CCCCCCCC(=O)OCC(COC(=O)CCCCCCCCCCCCCC)OC(=O)CCCCCCCCCCCCCCCC. The Hall–Kier alpha value is -2.37. The summed E-state index contributed by atoms with van der Waals surface area (Å²) < 4.78 is 16.8. The van der Waals surface area contributed by atoms with E-state index in [0.29, 0.717) is 19.3 Å². The summed E-state index contributed by atoms with van der Waals surface area (Å²) in [7, 11) is 0. The van der Waals surface area contributed by atoms with Crippen LogP contribution in [0.15, 0.2) is 36.5 Å². The van der Waals surface area contributed by atoms with Crippen molar-refractivity contribution in [1.82, 2.24) is 0 Å². The van der Waals surface area contributed by atoms with Gasteiger partial charge in [-0.2, -0.15) is 0 Å². The molecule has 1 unspecified atom stereocenters. The number of ether oxygens (including phenoxy) is 3. The lowest BCUT2D eigenvalue weighted by Gasteiger charge is -2.18. The highest BCUT2D eigenvalue weighted by molar-refractivity contribution is 5.71. The second-order valence-corrected chi connectivity index (χ2v) is 17.1. The molecule has 0 N–H and O–H groups in total. The Morgan fingerprint density at radius 1 is 0.356 bits per heavy atom. The molecule has 0 aromatic rings. The van der Waals surface area contributed by atoms with E-state index in [1.807, 2.05) is 0 Å². The van der Waals surface area contributed by atoms with Gasteiger partial charge in [-0.05, 0) is 51.4 Å². The molecule has 0 aliphatic heterocycles. The number of allylic oxidation sites excluding steroid dienone is 6. The third-order valence-electron chi connectivity index (χ3n) is 11.2. The summed E-state index contributed by atoms with van der Waals surface area (Å²) in [5.74, 6) is -0.880. The maximum atomic E-state index is 12.8. The smallest absolute Gasteiger partial charge is 0.306 e. The van der Waals surface area contributed by atoms with Crippen molar-refractivity contribution in [3.05, 3.63) is 36.5 Å².